The highest BCUT2D eigenvalue weighted by Gasteiger charge is 2.19. The SMILES string of the molecule is CC(c1ccncc1)N(C)C(=O)c1ccc(NS(=O)(=O)c2ccccc2)cc1. The number of nitrogens with zero attached hydrogens (tertiary/aromatic N) is 2. The molecule has 7 heteroatoms. The van der Waals surface area contributed by atoms with Gasteiger partial charge in [-0.2, -0.15) is 0 Å². The van der Waals surface area contributed by atoms with E-state index < -0.39 is 10.0 Å². The second kappa shape index (κ2) is 8.22. The van der Waals surface area contributed by atoms with E-state index in [2.05, 4.69) is 9.71 Å². The van der Waals surface area contributed by atoms with E-state index in [9.17, 15) is 13.2 Å². The third kappa shape index (κ3) is 4.37. The van der Waals surface area contributed by atoms with Gasteiger partial charge in [-0.3, -0.25) is 14.5 Å². The van der Waals surface area contributed by atoms with Gasteiger partial charge in [0, 0.05) is 30.7 Å². The third-order valence-corrected chi connectivity index (χ3v) is 5.92. The van der Waals surface area contributed by atoms with Crippen molar-refractivity contribution in [2.75, 3.05) is 11.8 Å². The first-order valence-electron chi connectivity index (χ1n) is 8.73. The van der Waals surface area contributed by atoms with Crippen molar-refractivity contribution >= 4 is 21.6 Å². The van der Waals surface area contributed by atoms with Gasteiger partial charge in [-0.1, -0.05) is 18.2 Å². The lowest BCUT2D eigenvalue weighted by molar-refractivity contribution is 0.0742. The van der Waals surface area contributed by atoms with Gasteiger partial charge in [0.25, 0.3) is 15.9 Å². The average molecular weight is 395 g/mol. The lowest BCUT2D eigenvalue weighted by Gasteiger charge is -2.25. The Hall–Kier alpha value is -3.19. The quantitative estimate of drug-likeness (QED) is 0.690. The van der Waals surface area contributed by atoms with Gasteiger partial charge in [0.1, 0.15) is 0 Å². The second-order valence-corrected chi connectivity index (χ2v) is 8.05. The van der Waals surface area contributed by atoms with Gasteiger partial charge in [0.15, 0.2) is 0 Å². The zero-order valence-electron chi connectivity index (χ0n) is 15.6. The Bertz CT molecular complexity index is 1040. The van der Waals surface area contributed by atoms with E-state index in [1.807, 2.05) is 19.1 Å². The Morgan fingerprint density at radius 3 is 2.18 bits per heavy atom. The molecule has 28 heavy (non-hydrogen) atoms. The number of amides is 1. The molecule has 144 valence electrons. The standard InChI is InChI=1S/C21H21N3O3S/c1-16(17-12-14-22-15-13-17)24(2)21(25)18-8-10-19(11-9-18)23-28(26,27)20-6-4-3-5-7-20/h3-16,23H,1-2H3. The van der Waals surface area contributed by atoms with Crippen molar-refractivity contribution in [1.82, 2.24) is 9.88 Å². The molecule has 2 aromatic carbocycles. The van der Waals surface area contributed by atoms with Gasteiger partial charge in [-0.25, -0.2) is 8.42 Å². The van der Waals surface area contributed by atoms with Crippen molar-refractivity contribution in [2.24, 2.45) is 0 Å². The fourth-order valence-corrected chi connectivity index (χ4v) is 3.82. The monoisotopic (exact) mass is 395 g/mol. The summed E-state index contributed by atoms with van der Waals surface area (Å²) in [6.45, 7) is 1.94. The van der Waals surface area contributed by atoms with Crippen LogP contribution in [0.3, 0.4) is 0 Å². The van der Waals surface area contributed by atoms with Crippen LogP contribution in [0.25, 0.3) is 0 Å². The van der Waals surface area contributed by atoms with Crippen LogP contribution in [0.4, 0.5) is 5.69 Å². The van der Waals surface area contributed by atoms with Crippen molar-refractivity contribution in [3.63, 3.8) is 0 Å². The van der Waals surface area contributed by atoms with Gasteiger partial charge in [0.05, 0.1) is 10.9 Å². The van der Waals surface area contributed by atoms with Crippen LogP contribution in [-0.4, -0.2) is 31.3 Å². The fraction of sp³-hybridized carbons (Fsp3) is 0.143. The number of carbonyl (C=O) groups is 1. The summed E-state index contributed by atoms with van der Waals surface area (Å²) in [6.07, 6.45) is 3.38. The zero-order chi connectivity index (χ0) is 20.1. The molecule has 1 unspecified atom stereocenters. The van der Waals surface area contributed by atoms with Crippen molar-refractivity contribution in [1.29, 1.82) is 0 Å². The zero-order valence-corrected chi connectivity index (χ0v) is 16.4. The molecule has 0 saturated heterocycles. The van der Waals surface area contributed by atoms with E-state index >= 15 is 0 Å². The molecule has 1 N–H and O–H groups in total. The maximum atomic E-state index is 12.7. The van der Waals surface area contributed by atoms with Crippen molar-refractivity contribution in [3.05, 3.63) is 90.3 Å². The highest BCUT2D eigenvalue weighted by molar-refractivity contribution is 7.92. The van der Waals surface area contributed by atoms with Crippen molar-refractivity contribution < 1.29 is 13.2 Å². The van der Waals surface area contributed by atoms with Crippen LogP contribution in [-0.2, 0) is 10.0 Å². The predicted molar refractivity (Wildman–Crippen MR) is 108 cm³/mol. The van der Waals surface area contributed by atoms with Gasteiger partial charge in [-0.15, -0.1) is 0 Å². The highest BCUT2D eigenvalue weighted by Crippen LogP contribution is 2.21. The Labute approximate surface area is 164 Å². The number of hydrogen-bond donors (Lipinski definition) is 1. The van der Waals surface area contributed by atoms with E-state index in [-0.39, 0.29) is 16.8 Å². The first kappa shape index (κ1) is 19.6. The number of rotatable bonds is 6. The van der Waals surface area contributed by atoms with E-state index in [0.29, 0.717) is 11.3 Å². The average Bonchev–Trinajstić information content (AvgIpc) is 2.74. The molecule has 1 amide bonds. The predicted octanol–water partition coefficient (Wildman–Crippen LogP) is 3.72. The second-order valence-electron chi connectivity index (χ2n) is 6.37. The molecular formula is C21H21N3O3S. The molecule has 1 heterocycles. The summed E-state index contributed by atoms with van der Waals surface area (Å²) in [5.41, 5.74) is 1.86. The summed E-state index contributed by atoms with van der Waals surface area (Å²) in [4.78, 5) is 18.6. The van der Waals surface area contributed by atoms with Crippen molar-refractivity contribution in [3.8, 4) is 0 Å². The summed E-state index contributed by atoms with van der Waals surface area (Å²) in [6, 6.07) is 18.1. The van der Waals surface area contributed by atoms with Crippen LogP contribution in [0.1, 0.15) is 28.9 Å². The third-order valence-electron chi connectivity index (χ3n) is 4.53. The summed E-state index contributed by atoms with van der Waals surface area (Å²) in [5, 5.41) is 0. The van der Waals surface area contributed by atoms with Gasteiger partial charge in [0.2, 0.25) is 0 Å². The minimum Gasteiger partial charge on any atom is -0.335 e. The van der Waals surface area contributed by atoms with Crippen molar-refractivity contribution in [2.45, 2.75) is 17.9 Å². The molecule has 0 bridgehead atoms. The Balaban J connectivity index is 1.72. The molecule has 0 aliphatic carbocycles. The first-order valence-corrected chi connectivity index (χ1v) is 10.2. The smallest absolute Gasteiger partial charge is 0.261 e. The van der Waals surface area contributed by atoms with E-state index in [1.54, 1.807) is 66.8 Å². The molecule has 0 saturated carbocycles. The lowest BCUT2D eigenvalue weighted by atomic mass is 10.1. The van der Waals surface area contributed by atoms with E-state index in [1.165, 1.54) is 12.1 Å². The maximum absolute atomic E-state index is 12.7. The van der Waals surface area contributed by atoms with Crippen LogP contribution in [0.15, 0.2) is 84.0 Å². The number of anilines is 1. The number of hydrogen-bond acceptors (Lipinski definition) is 4. The van der Waals surface area contributed by atoms with Crippen LogP contribution in [0.2, 0.25) is 0 Å². The molecule has 0 spiro atoms. The number of benzene rings is 2. The van der Waals surface area contributed by atoms with Gasteiger partial charge in [-0.05, 0) is 61.0 Å². The first-order chi connectivity index (χ1) is 13.4. The van der Waals surface area contributed by atoms with E-state index in [0.717, 1.165) is 5.56 Å². The lowest BCUT2D eigenvalue weighted by Crippen LogP contribution is -2.29. The minimum absolute atomic E-state index is 0.119. The van der Waals surface area contributed by atoms with Crippen LogP contribution in [0.5, 0.6) is 0 Å². The van der Waals surface area contributed by atoms with E-state index in [4.69, 9.17) is 0 Å². The molecule has 1 atom stereocenters. The Kier molecular flexibility index (Phi) is 5.75. The van der Waals surface area contributed by atoms with Gasteiger partial charge < -0.3 is 4.90 Å². The number of pyridine rings is 1. The summed E-state index contributed by atoms with van der Waals surface area (Å²) in [7, 11) is -1.93. The largest absolute Gasteiger partial charge is 0.335 e. The minimum atomic E-state index is -3.66. The number of nitrogens with one attached hydrogen (secondary N) is 1. The van der Waals surface area contributed by atoms with Crippen LogP contribution < -0.4 is 4.72 Å². The number of carbonyl (C=O) groups excluding carboxylic acids is 1. The maximum Gasteiger partial charge on any atom is 0.261 e. The Morgan fingerprint density at radius 2 is 1.57 bits per heavy atom. The summed E-state index contributed by atoms with van der Waals surface area (Å²) in [5.74, 6) is -0.151. The molecule has 0 fully saturated rings. The molecular weight excluding hydrogens is 374 g/mol. The summed E-state index contributed by atoms with van der Waals surface area (Å²) >= 11 is 0. The number of sulfonamides is 1. The Morgan fingerprint density at radius 1 is 0.964 bits per heavy atom. The molecule has 3 rings (SSSR count). The molecule has 0 aliphatic rings. The highest BCUT2D eigenvalue weighted by atomic mass is 32.2. The van der Waals surface area contributed by atoms with Gasteiger partial charge >= 0.3 is 0 Å². The number of aromatic nitrogens is 1. The van der Waals surface area contributed by atoms with Crippen LogP contribution >= 0.6 is 0 Å². The molecule has 0 aliphatic heterocycles. The summed E-state index contributed by atoms with van der Waals surface area (Å²) < 4.78 is 27.3. The normalized spacial score (nSPS) is 12.2. The van der Waals surface area contributed by atoms with Crippen LogP contribution in [0, 0.1) is 0 Å². The fourth-order valence-electron chi connectivity index (χ4n) is 2.74. The molecule has 0 radical (unpaired) electrons. The molecule has 3 aromatic rings. The molecule has 1 aromatic heterocycles. The topological polar surface area (TPSA) is 79.4 Å². The molecule has 6 nitrogen and oxygen atoms in total.